The zero-order chi connectivity index (χ0) is 13.4. The van der Waals surface area contributed by atoms with E-state index in [0.717, 1.165) is 44.2 Å². The predicted octanol–water partition coefficient (Wildman–Crippen LogP) is 0.942. The van der Waals surface area contributed by atoms with Gasteiger partial charge in [-0.1, -0.05) is 0 Å². The second-order valence-electron chi connectivity index (χ2n) is 5.88. The second kappa shape index (κ2) is 5.13. The van der Waals surface area contributed by atoms with Crippen LogP contribution >= 0.6 is 0 Å². The lowest BCUT2D eigenvalue weighted by Crippen LogP contribution is -2.37. The molecule has 0 atom stereocenters. The number of nitrogens with zero attached hydrogens (tertiary/aromatic N) is 3. The van der Waals surface area contributed by atoms with Crippen LogP contribution in [0, 0.1) is 6.92 Å². The molecule has 106 valence electrons. The molecular weight excluding hydrogens is 240 g/mol. The highest BCUT2D eigenvalue weighted by Crippen LogP contribution is 2.27. The molecule has 0 aromatic carbocycles. The molecule has 0 bridgehead atoms. The van der Waals surface area contributed by atoms with E-state index < -0.39 is 0 Å². The third kappa shape index (κ3) is 2.77. The number of piperidine rings is 1. The summed E-state index contributed by atoms with van der Waals surface area (Å²) in [6, 6.07) is 0.718. The molecule has 0 spiro atoms. The Bertz CT molecular complexity index is 445. The Labute approximate surface area is 114 Å². The lowest BCUT2D eigenvalue weighted by Gasteiger charge is -2.32. The third-order valence-corrected chi connectivity index (χ3v) is 4.22. The van der Waals surface area contributed by atoms with E-state index in [9.17, 15) is 5.11 Å². The van der Waals surface area contributed by atoms with Crippen LogP contribution in [0.15, 0.2) is 0 Å². The van der Waals surface area contributed by atoms with Gasteiger partial charge in [-0.2, -0.15) is 5.10 Å². The van der Waals surface area contributed by atoms with Crippen molar-refractivity contribution in [3.8, 4) is 0 Å². The van der Waals surface area contributed by atoms with Gasteiger partial charge in [0.1, 0.15) is 5.82 Å². The Hall–Kier alpha value is -1.07. The molecule has 5 nitrogen and oxygen atoms in total. The number of hydrogen-bond acceptors (Lipinski definition) is 4. The van der Waals surface area contributed by atoms with Gasteiger partial charge >= 0.3 is 0 Å². The average Bonchev–Trinajstić information content (AvgIpc) is 3.15. The summed E-state index contributed by atoms with van der Waals surface area (Å²) in [6.07, 6.45) is 4.22. The van der Waals surface area contributed by atoms with Gasteiger partial charge in [0.2, 0.25) is 0 Å². The van der Waals surface area contributed by atoms with Crippen molar-refractivity contribution in [3.63, 3.8) is 0 Å². The first-order chi connectivity index (χ1) is 9.15. The van der Waals surface area contributed by atoms with Crippen molar-refractivity contribution in [2.45, 2.75) is 51.3 Å². The van der Waals surface area contributed by atoms with E-state index in [1.54, 1.807) is 0 Å². The maximum Gasteiger partial charge on any atom is 0.131 e. The lowest BCUT2D eigenvalue weighted by atomic mass is 10.1. The standard InChI is InChI=1S/C14H24N4O/c1-10-13(9-15-11-3-4-11)14(17(2)16-10)18-7-5-12(19)6-8-18/h11-12,15,19H,3-9H2,1-2H3. The number of anilines is 1. The summed E-state index contributed by atoms with van der Waals surface area (Å²) in [5, 5.41) is 17.8. The number of aromatic nitrogens is 2. The Morgan fingerprint density at radius 2 is 1.95 bits per heavy atom. The maximum atomic E-state index is 9.64. The van der Waals surface area contributed by atoms with E-state index in [0.29, 0.717) is 0 Å². The molecule has 1 aromatic rings. The van der Waals surface area contributed by atoms with Gasteiger partial charge in [0.05, 0.1) is 11.8 Å². The van der Waals surface area contributed by atoms with Crippen LogP contribution in [0.2, 0.25) is 0 Å². The quantitative estimate of drug-likeness (QED) is 0.850. The Kier molecular flexibility index (Phi) is 3.50. The molecule has 5 heteroatoms. The summed E-state index contributed by atoms with van der Waals surface area (Å²) in [4.78, 5) is 2.37. The Balaban J connectivity index is 1.77. The summed E-state index contributed by atoms with van der Waals surface area (Å²) in [7, 11) is 2.02. The fourth-order valence-corrected chi connectivity index (χ4v) is 2.90. The first-order valence-electron chi connectivity index (χ1n) is 7.34. The number of aryl methyl sites for hydroxylation is 2. The van der Waals surface area contributed by atoms with Crippen LogP contribution in [-0.4, -0.2) is 40.1 Å². The molecule has 3 rings (SSSR count). The van der Waals surface area contributed by atoms with Gasteiger partial charge in [0, 0.05) is 38.3 Å². The number of rotatable bonds is 4. The van der Waals surface area contributed by atoms with Crippen molar-refractivity contribution in [2.75, 3.05) is 18.0 Å². The average molecular weight is 264 g/mol. The second-order valence-corrected chi connectivity index (χ2v) is 5.88. The maximum absolute atomic E-state index is 9.64. The number of nitrogens with one attached hydrogen (secondary N) is 1. The predicted molar refractivity (Wildman–Crippen MR) is 75.3 cm³/mol. The molecule has 1 aliphatic carbocycles. The molecule has 0 unspecified atom stereocenters. The highest BCUT2D eigenvalue weighted by molar-refractivity contribution is 5.50. The summed E-state index contributed by atoms with van der Waals surface area (Å²) < 4.78 is 2.00. The molecule has 0 radical (unpaired) electrons. The molecule has 1 aliphatic heterocycles. The number of aliphatic hydroxyl groups excluding tert-OH is 1. The molecule has 2 aliphatic rings. The van der Waals surface area contributed by atoms with Crippen LogP contribution in [-0.2, 0) is 13.6 Å². The molecule has 2 heterocycles. The zero-order valence-corrected chi connectivity index (χ0v) is 11.9. The van der Waals surface area contributed by atoms with Crippen molar-refractivity contribution in [1.29, 1.82) is 0 Å². The van der Waals surface area contributed by atoms with Gasteiger partial charge in [0.15, 0.2) is 0 Å². The van der Waals surface area contributed by atoms with Crippen LogP contribution in [0.5, 0.6) is 0 Å². The van der Waals surface area contributed by atoms with Crippen LogP contribution in [0.3, 0.4) is 0 Å². The van der Waals surface area contributed by atoms with Gasteiger partial charge in [-0.25, -0.2) is 0 Å². The van der Waals surface area contributed by atoms with E-state index in [1.807, 2.05) is 11.7 Å². The smallest absolute Gasteiger partial charge is 0.131 e. The normalized spacial score (nSPS) is 21.1. The molecule has 1 aromatic heterocycles. The van der Waals surface area contributed by atoms with Crippen LogP contribution < -0.4 is 10.2 Å². The summed E-state index contributed by atoms with van der Waals surface area (Å²) in [6.45, 7) is 4.86. The van der Waals surface area contributed by atoms with Gasteiger partial charge in [0.25, 0.3) is 0 Å². The monoisotopic (exact) mass is 264 g/mol. The summed E-state index contributed by atoms with van der Waals surface area (Å²) in [5.41, 5.74) is 2.45. The first kappa shape index (κ1) is 12.9. The highest BCUT2D eigenvalue weighted by atomic mass is 16.3. The van der Waals surface area contributed by atoms with Gasteiger partial charge in [-0.3, -0.25) is 4.68 Å². The minimum atomic E-state index is -0.126. The number of aliphatic hydroxyl groups is 1. The highest BCUT2D eigenvalue weighted by Gasteiger charge is 2.26. The van der Waals surface area contributed by atoms with Gasteiger partial charge < -0.3 is 15.3 Å². The van der Waals surface area contributed by atoms with Crippen LogP contribution in [0.4, 0.5) is 5.82 Å². The van der Waals surface area contributed by atoms with Crippen LogP contribution in [0.25, 0.3) is 0 Å². The fraction of sp³-hybridized carbons (Fsp3) is 0.786. The molecule has 0 amide bonds. The first-order valence-corrected chi connectivity index (χ1v) is 7.34. The Morgan fingerprint density at radius 3 is 2.58 bits per heavy atom. The number of hydrogen-bond donors (Lipinski definition) is 2. The van der Waals surface area contributed by atoms with Crippen molar-refractivity contribution < 1.29 is 5.11 Å². The lowest BCUT2D eigenvalue weighted by molar-refractivity contribution is 0.145. The minimum Gasteiger partial charge on any atom is -0.393 e. The van der Waals surface area contributed by atoms with Gasteiger partial charge in [-0.15, -0.1) is 0 Å². The largest absolute Gasteiger partial charge is 0.393 e. The summed E-state index contributed by atoms with van der Waals surface area (Å²) >= 11 is 0. The van der Waals surface area contributed by atoms with Crippen molar-refractivity contribution in [3.05, 3.63) is 11.3 Å². The molecular formula is C14H24N4O. The summed E-state index contributed by atoms with van der Waals surface area (Å²) in [5.74, 6) is 1.23. The minimum absolute atomic E-state index is 0.126. The molecule has 1 saturated carbocycles. The zero-order valence-electron chi connectivity index (χ0n) is 11.9. The molecule has 2 N–H and O–H groups in total. The SMILES string of the molecule is Cc1nn(C)c(N2CCC(O)CC2)c1CNC1CC1. The molecule has 19 heavy (non-hydrogen) atoms. The van der Waals surface area contributed by atoms with Crippen molar-refractivity contribution in [2.24, 2.45) is 7.05 Å². The molecule has 2 fully saturated rings. The van der Waals surface area contributed by atoms with E-state index in [1.165, 1.54) is 24.2 Å². The van der Waals surface area contributed by atoms with Crippen molar-refractivity contribution in [1.82, 2.24) is 15.1 Å². The Morgan fingerprint density at radius 1 is 1.26 bits per heavy atom. The van der Waals surface area contributed by atoms with E-state index in [4.69, 9.17) is 0 Å². The fourth-order valence-electron chi connectivity index (χ4n) is 2.90. The van der Waals surface area contributed by atoms with E-state index in [-0.39, 0.29) is 6.10 Å². The molecule has 1 saturated heterocycles. The van der Waals surface area contributed by atoms with E-state index in [2.05, 4.69) is 22.2 Å². The van der Waals surface area contributed by atoms with Gasteiger partial charge in [-0.05, 0) is 32.6 Å². The van der Waals surface area contributed by atoms with E-state index >= 15 is 0 Å². The van der Waals surface area contributed by atoms with Crippen molar-refractivity contribution >= 4 is 5.82 Å². The topological polar surface area (TPSA) is 53.3 Å². The third-order valence-electron chi connectivity index (χ3n) is 4.22. The van der Waals surface area contributed by atoms with Crippen LogP contribution in [0.1, 0.15) is 36.9 Å².